The zero-order chi connectivity index (χ0) is 37.5. The maximum Gasteiger partial charge on any atom is 0.235 e. The predicted molar refractivity (Wildman–Crippen MR) is 240 cm³/mol. The maximum atomic E-state index is 5.46. The van der Waals surface area contributed by atoms with Gasteiger partial charge in [0, 0.05) is 49.6 Å². The fourth-order valence-electron chi connectivity index (χ4n) is 8.99. The third kappa shape index (κ3) is 5.06. The number of allylic oxidation sites excluding steroid dienone is 1. The summed E-state index contributed by atoms with van der Waals surface area (Å²) in [5.74, 6) is 0.667. The van der Waals surface area contributed by atoms with Crippen molar-refractivity contribution in [1.82, 2.24) is 19.1 Å². The molecular formula is C52H34N4S. The number of aromatic nitrogens is 4. The van der Waals surface area contributed by atoms with Crippen LogP contribution in [-0.2, 0) is 6.42 Å². The van der Waals surface area contributed by atoms with Gasteiger partial charge in [0.15, 0.2) is 0 Å². The van der Waals surface area contributed by atoms with Crippen LogP contribution in [0.2, 0.25) is 0 Å². The number of fused-ring (bicyclic) bond motifs is 8. The minimum atomic E-state index is 0.667. The average Bonchev–Trinajstić information content (AvgIpc) is 3.95. The Bertz CT molecular complexity index is 3390. The van der Waals surface area contributed by atoms with Gasteiger partial charge in [-0.3, -0.25) is 4.57 Å². The van der Waals surface area contributed by atoms with Crippen molar-refractivity contribution >= 4 is 71.1 Å². The molecule has 11 aromatic rings. The molecule has 1 aliphatic rings. The second kappa shape index (κ2) is 12.7. The van der Waals surface area contributed by atoms with Gasteiger partial charge in [-0.25, -0.2) is 9.97 Å². The minimum absolute atomic E-state index is 0.667. The van der Waals surface area contributed by atoms with Gasteiger partial charge in [-0.1, -0.05) is 133 Å². The second-order valence-electron chi connectivity index (χ2n) is 14.9. The molecule has 4 aromatic heterocycles. The van der Waals surface area contributed by atoms with E-state index in [0.717, 1.165) is 56.5 Å². The molecule has 4 nitrogen and oxygen atoms in total. The third-order valence-corrected chi connectivity index (χ3v) is 12.6. The van der Waals surface area contributed by atoms with Crippen molar-refractivity contribution in [3.8, 4) is 45.1 Å². The molecule has 0 atom stereocenters. The third-order valence-electron chi connectivity index (χ3n) is 11.7. The summed E-state index contributed by atoms with van der Waals surface area (Å²) in [6, 6.07) is 59.1. The van der Waals surface area contributed by atoms with Gasteiger partial charge < -0.3 is 4.57 Å². The molecule has 0 amide bonds. The molecule has 0 bridgehead atoms. The van der Waals surface area contributed by atoms with Crippen LogP contribution in [0.15, 0.2) is 175 Å². The predicted octanol–water partition coefficient (Wildman–Crippen LogP) is 13.8. The van der Waals surface area contributed by atoms with Gasteiger partial charge in [-0.05, 0) is 82.8 Å². The number of hydrogen-bond acceptors (Lipinski definition) is 3. The Balaban J connectivity index is 1.12. The van der Waals surface area contributed by atoms with Crippen LogP contribution in [0, 0.1) is 0 Å². The van der Waals surface area contributed by atoms with Gasteiger partial charge in [0.2, 0.25) is 5.95 Å². The summed E-state index contributed by atoms with van der Waals surface area (Å²) in [7, 11) is 0. The van der Waals surface area contributed by atoms with E-state index in [-0.39, 0.29) is 0 Å². The molecule has 0 unspecified atom stereocenters. The zero-order valence-electron chi connectivity index (χ0n) is 30.9. The molecule has 0 saturated heterocycles. The fourth-order valence-corrected chi connectivity index (χ4v) is 10.0. The number of benzene rings is 7. The first kappa shape index (κ1) is 32.2. The molecule has 0 aliphatic heterocycles. The van der Waals surface area contributed by atoms with E-state index in [0.29, 0.717) is 5.95 Å². The van der Waals surface area contributed by atoms with Crippen LogP contribution < -0.4 is 0 Å². The van der Waals surface area contributed by atoms with E-state index in [1.165, 1.54) is 60.5 Å². The van der Waals surface area contributed by atoms with E-state index in [2.05, 4.69) is 190 Å². The highest BCUT2D eigenvalue weighted by atomic mass is 32.1. The van der Waals surface area contributed by atoms with Crippen molar-refractivity contribution < 1.29 is 0 Å². The summed E-state index contributed by atoms with van der Waals surface area (Å²) in [6.45, 7) is 0. The summed E-state index contributed by atoms with van der Waals surface area (Å²) in [6.07, 6.45) is 6.71. The molecule has 0 radical (unpaired) electrons. The van der Waals surface area contributed by atoms with Crippen LogP contribution in [0.25, 0.3) is 105 Å². The van der Waals surface area contributed by atoms with Crippen LogP contribution in [0.4, 0.5) is 0 Å². The fraction of sp³-hybridized carbons (Fsp3) is 0.0385. The highest BCUT2D eigenvalue weighted by Gasteiger charge is 2.23. The minimum Gasteiger partial charge on any atom is -0.313 e. The number of nitrogens with zero attached hydrogens (tertiary/aromatic N) is 4. The molecule has 57 heavy (non-hydrogen) atoms. The molecule has 0 N–H and O–H groups in total. The first-order chi connectivity index (χ1) is 28.3. The normalized spacial score (nSPS) is 12.7. The Morgan fingerprint density at radius 1 is 0.509 bits per heavy atom. The molecule has 268 valence electrons. The van der Waals surface area contributed by atoms with Crippen LogP contribution in [0.5, 0.6) is 0 Å². The molecule has 12 rings (SSSR count). The van der Waals surface area contributed by atoms with Gasteiger partial charge in [-0.15, -0.1) is 11.3 Å². The Labute approximate surface area is 333 Å². The van der Waals surface area contributed by atoms with E-state index >= 15 is 0 Å². The highest BCUT2D eigenvalue weighted by Crippen LogP contribution is 2.42. The van der Waals surface area contributed by atoms with E-state index in [4.69, 9.17) is 9.97 Å². The lowest BCUT2D eigenvalue weighted by atomic mass is 9.99. The molecule has 4 heterocycles. The number of hydrogen-bond donors (Lipinski definition) is 0. The van der Waals surface area contributed by atoms with Crippen molar-refractivity contribution in [3.05, 3.63) is 187 Å². The Morgan fingerprint density at radius 2 is 1.18 bits per heavy atom. The lowest BCUT2D eigenvalue weighted by Crippen LogP contribution is -2.03. The molecule has 5 heteroatoms. The van der Waals surface area contributed by atoms with E-state index < -0.39 is 0 Å². The Hall–Kier alpha value is -7.08. The summed E-state index contributed by atoms with van der Waals surface area (Å²) in [5, 5.41) is 8.27. The largest absolute Gasteiger partial charge is 0.313 e. The number of thiophene rings is 1. The van der Waals surface area contributed by atoms with Gasteiger partial charge in [0.1, 0.15) is 0 Å². The van der Waals surface area contributed by atoms with E-state index in [9.17, 15) is 0 Å². The summed E-state index contributed by atoms with van der Waals surface area (Å²) in [4.78, 5) is 10.9. The zero-order valence-corrected chi connectivity index (χ0v) is 31.7. The quantitative estimate of drug-likeness (QED) is 0.176. The first-order valence-electron chi connectivity index (χ1n) is 19.5. The Morgan fingerprint density at radius 3 is 1.98 bits per heavy atom. The molecule has 0 saturated carbocycles. The Kier molecular flexibility index (Phi) is 7.19. The van der Waals surface area contributed by atoms with Crippen LogP contribution >= 0.6 is 11.3 Å². The van der Waals surface area contributed by atoms with E-state index in [1.54, 1.807) is 11.3 Å². The average molecular weight is 747 g/mol. The standard InChI is InChI=1S/C52H34N4S/c1-4-14-33(15-5-1)44-32-57-51-49(34-16-6-2-7-17-34)53-52(54-50(44)51)56-46-27-25-37(29-42(46)43-28-35-18-10-11-19-36(35)30-48(43)56)38-24-26-41-40-22-12-13-23-45(40)55(47(41)31-38)39-20-8-3-9-21-39/h1-12,14-22,24-32H,13,23H2. The lowest BCUT2D eigenvalue weighted by molar-refractivity contribution is 0.888. The highest BCUT2D eigenvalue weighted by molar-refractivity contribution is 7.18. The lowest BCUT2D eigenvalue weighted by Gasteiger charge is -2.13. The summed E-state index contributed by atoms with van der Waals surface area (Å²) >= 11 is 1.71. The SMILES string of the molecule is C1=Cc2c(n(-c3ccccc3)c3cc(-c4ccc5c(c4)c4cc6ccccc6cc4n5-c4nc(-c5ccccc5)c5scc(-c6ccccc6)c5n4)ccc23)CC1. The van der Waals surface area contributed by atoms with Crippen molar-refractivity contribution in [1.29, 1.82) is 0 Å². The summed E-state index contributed by atoms with van der Waals surface area (Å²) in [5.41, 5.74) is 15.0. The van der Waals surface area contributed by atoms with Gasteiger partial charge >= 0.3 is 0 Å². The van der Waals surface area contributed by atoms with Crippen molar-refractivity contribution in [2.75, 3.05) is 0 Å². The topological polar surface area (TPSA) is 35.6 Å². The van der Waals surface area contributed by atoms with Crippen LogP contribution in [0.1, 0.15) is 17.7 Å². The van der Waals surface area contributed by atoms with Gasteiger partial charge in [0.25, 0.3) is 0 Å². The monoisotopic (exact) mass is 746 g/mol. The van der Waals surface area contributed by atoms with Gasteiger partial charge in [0.05, 0.1) is 32.5 Å². The van der Waals surface area contributed by atoms with E-state index in [1.807, 2.05) is 0 Å². The number of rotatable bonds is 5. The summed E-state index contributed by atoms with van der Waals surface area (Å²) < 4.78 is 5.84. The molecular weight excluding hydrogens is 713 g/mol. The number of para-hydroxylation sites is 1. The van der Waals surface area contributed by atoms with Crippen molar-refractivity contribution in [2.45, 2.75) is 12.8 Å². The van der Waals surface area contributed by atoms with Crippen LogP contribution in [0.3, 0.4) is 0 Å². The van der Waals surface area contributed by atoms with Crippen molar-refractivity contribution in [2.24, 2.45) is 0 Å². The molecule has 0 spiro atoms. The first-order valence-corrected chi connectivity index (χ1v) is 20.4. The van der Waals surface area contributed by atoms with Gasteiger partial charge in [-0.2, -0.15) is 0 Å². The van der Waals surface area contributed by atoms with Crippen molar-refractivity contribution in [3.63, 3.8) is 0 Å². The molecule has 7 aromatic carbocycles. The molecule has 1 aliphatic carbocycles. The second-order valence-corrected chi connectivity index (χ2v) is 15.8. The smallest absolute Gasteiger partial charge is 0.235 e. The maximum absolute atomic E-state index is 5.46. The van der Waals surface area contributed by atoms with Crippen LogP contribution in [-0.4, -0.2) is 19.1 Å². The molecule has 0 fully saturated rings.